The Morgan fingerprint density at radius 1 is 0.955 bits per heavy atom. The van der Waals surface area contributed by atoms with E-state index in [0.717, 1.165) is 0 Å². The second-order valence-corrected chi connectivity index (χ2v) is 4.39. The van der Waals surface area contributed by atoms with Gasteiger partial charge in [0.15, 0.2) is 11.5 Å². The SMILES string of the molecule is COc1ccc(C(=O)Nc2cccc(C(=O)[O-])c2)cc1OC. The van der Waals surface area contributed by atoms with Crippen LogP contribution in [0.25, 0.3) is 0 Å². The van der Waals surface area contributed by atoms with E-state index >= 15 is 0 Å². The van der Waals surface area contributed by atoms with Crippen molar-refractivity contribution in [3.05, 3.63) is 53.6 Å². The Labute approximate surface area is 127 Å². The van der Waals surface area contributed by atoms with Gasteiger partial charge in [0.05, 0.1) is 20.2 Å². The first-order valence-electron chi connectivity index (χ1n) is 6.40. The number of amides is 1. The summed E-state index contributed by atoms with van der Waals surface area (Å²) in [5, 5.41) is 13.4. The van der Waals surface area contributed by atoms with Crippen LogP contribution in [-0.2, 0) is 0 Å². The maximum Gasteiger partial charge on any atom is 0.255 e. The number of methoxy groups -OCH3 is 2. The van der Waals surface area contributed by atoms with Gasteiger partial charge in [-0.15, -0.1) is 0 Å². The largest absolute Gasteiger partial charge is 0.545 e. The maximum atomic E-state index is 12.2. The third kappa shape index (κ3) is 3.35. The summed E-state index contributed by atoms with van der Waals surface area (Å²) in [6, 6.07) is 10.6. The molecule has 0 aromatic heterocycles. The number of anilines is 1. The topological polar surface area (TPSA) is 87.7 Å². The molecule has 0 saturated heterocycles. The molecule has 2 aromatic rings. The fourth-order valence-electron chi connectivity index (χ4n) is 1.90. The molecule has 2 aromatic carbocycles. The first kappa shape index (κ1) is 15.4. The van der Waals surface area contributed by atoms with Crippen molar-refractivity contribution >= 4 is 17.6 Å². The summed E-state index contributed by atoms with van der Waals surface area (Å²) in [7, 11) is 2.98. The lowest BCUT2D eigenvalue weighted by atomic mass is 10.1. The number of carboxylic acids is 1. The summed E-state index contributed by atoms with van der Waals surface area (Å²) in [6.45, 7) is 0. The molecule has 0 unspecified atom stereocenters. The van der Waals surface area contributed by atoms with Gasteiger partial charge in [-0.2, -0.15) is 0 Å². The van der Waals surface area contributed by atoms with Crippen molar-refractivity contribution in [2.45, 2.75) is 0 Å². The van der Waals surface area contributed by atoms with E-state index in [9.17, 15) is 14.7 Å². The molecule has 6 heteroatoms. The third-order valence-corrected chi connectivity index (χ3v) is 3.00. The Kier molecular flexibility index (Phi) is 4.63. The molecule has 0 heterocycles. The van der Waals surface area contributed by atoms with Crippen LogP contribution in [-0.4, -0.2) is 26.1 Å². The second kappa shape index (κ2) is 6.62. The average molecular weight is 300 g/mol. The van der Waals surface area contributed by atoms with Crippen LogP contribution in [0.3, 0.4) is 0 Å². The summed E-state index contributed by atoms with van der Waals surface area (Å²) in [5.74, 6) is -0.754. The lowest BCUT2D eigenvalue weighted by Gasteiger charge is -2.11. The average Bonchev–Trinajstić information content (AvgIpc) is 2.54. The van der Waals surface area contributed by atoms with Crippen molar-refractivity contribution in [2.75, 3.05) is 19.5 Å². The minimum absolute atomic E-state index is 0.00916. The van der Waals surface area contributed by atoms with Gasteiger partial charge in [0, 0.05) is 11.3 Å². The summed E-state index contributed by atoms with van der Waals surface area (Å²) in [4.78, 5) is 23.0. The molecule has 0 fully saturated rings. The van der Waals surface area contributed by atoms with E-state index in [-0.39, 0.29) is 5.56 Å². The first-order chi connectivity index (χ1) is 10.5. The highest BCUT2D eigenvalue weighted by Gasteiger charge is 2.11. The number of rotatable bonds is 5. The van der Waals surface area contributed by atoms with Crippen molar-refractivity contribution in [1.29, 1.82) is 0 Å². The fourth-order valence-corrected chi connectivity index (χ4v) is 1.90. The van der Waals surface area contributed by atoms with Crippen LogP contribution in [0.1, 0.15) is 20.7 Å². The predicted octanol–water partition coefficient (Wildman–Crippen LogP) is 1.32. The molecular formula is C16H14NO5-. The van der Waals surface area contributed by atoms with Gasteiger partial charge in [-0.1, -0.05) is 12.1 Å². The lowest BCUT2D eigenvalue weighted by Crippen LogP contribution is -2.22. The molecule has 0 spiro atoms. The molecule has 0 aliphatic carbocycles. The number of carbonyl (C=O) groups excluding carboxylic acids is 2. The molecule has 22 heavy (non-hydrogen) atoms. The zero-order valence-electron chi connectivity index (χ0n) is 12.1. The van der Waals surface area contributed by atoms with Gasteiger partial charge in [-0.3, -0.25) is 4.79 Å². The summed E-state index contributed by atoms with van der Waals surface area (Å²) < 4.78 is 10.2. The van der Waals surface area contributed by atoms with E-state index in [1.54, 1.807) is 18.2 Å². The standard InChI is InChI=1S/C16H15NO5/c1-21-13-7-6-10(9-14(13)22-2)15(18)17-12-5-3-4-11(8-12)16(19)20/h3-9H,1-2H3,(H,17,18)(H,19,20)/p-1. The highest BCUT2D eigenvalue weighted by molar-refractivity contribution is 6.05. The van der Waals surface area contributed by atoms with Crippen LogP contribution in [0.5, 0.6) is 11.5 Å². The van der Waals surface area contributed by atoms with Crippen LogP contribution in [0, 0.1) is 0 Å². The summed E-state index contributed by atoms with van der Waals surface area (Å²) in [6.07, 6.45) is 0. The molecule has 0 aliphatic heterocycles. The molecule has 1 amide bonds. The van der Waals surface area contributed by atoms with Crippen molar-refractivity contribution in [1.82, 2.24) is 0 Å². The Morgan fingerprint density at radius 2 is 1.68 bits per heavy atom. The van der Waals surface area contributed by atoms with Crippen LogP contribution in [0.2, 0.25) is 0 Å². The van der Waals surface area contributed by atoms with E-state index < -0.39 is 11.9 Å². The van der Waals surface area contributed by atoms with E-state index in [4.69, 9.17) is 9.47 Å². The second-order valence-electron chi connectivity index (χ2n) is 4.39. The predicted molar refractivity (Wildman–Crippen MR) is 78.3 cm³/mol. The van der Waals surface area contributed by atoms with E-state index in [0.29, 0.717) is 22.7 Å². The fraction of sp³-hybridized carbons (Fsp3) is 0.125. The third-order valence-electron chi connectivity index (χ3n) is 3.00. The zero-order chi connectivity index (χ0) is 16.1. The molecule has 0 bridgehead atoms. The number of nitrogens with one attached hydrogen (secondary N) is 1. The van der Waals surface area contributed by atoms with Crippen molar-refractivity contribution in [3.63, 3.8) is 0 Å². The van der Waals surface area contributed by atoms with E-state index in [2.05, 4.69) is 5.32 Å². The highest BCUT2D eigenvalue weighted by atomic mass is 16.5. The molecule has 6 nitrogen and oxygen atoms in total. The van der Waals surface area contributed by atoms with E-state index in [1.807, 2.05) is 0 Å². The van der Waals surface area contributed by atoms with Crippen molar-refractivity contribution in [2.24, 2.45) is 0 Å². The van der Waals surface area contributed by atoms with Crippen LogP contribution in [0.15, 0.2) is 42.5 Å². The zero-order valence-corrected chi connectivity index (χ0v) is 12.1. The Balaban J connectivity index is 2.22. The molecule has 0 atom stereocenters. The number of benzene rings is 2. The van der Waals surface area contributed by atoms with Gasteiger partial charge in [0.1, 0.15) is 0 Å². The molecule has 0 saturated carbocycles. The minimum atomic E-state index is -1.30. The van der Waals surface area contributed by atoms with Gasteiger partial charge in [0.25, 0.3) is 5.91 Å². The Hall–Kier alpha value is -3.02. The number of ether oxygens (including phenoxy) is 2. The monoisotopic (exact) mass is 300 g/mol. The normalized spacial score (nSPS) is 9.91. The Morgan fingerprint density at radius 3 is 2.32 bits per heavy atom. The van der Waals surface area contributed by atoms with Crippen LogP contribution >= 0.6 is 0 Å². The highest BCUT2D eigenvalue weighted by Crippen LogP contribution is 2.27. The molecule has 2 rings (SSSR count). The van der Waals surface area contributed by atoms with Gasteiger partial charge >= 0.3 is 0 Å². The molecule has 0 aliphatic rings. The van der Waals surface area contributed by atoms with Crippen molar-refractivity contribution in [3.8, 4) is 11.5 Å². The van der Waals surface area contributed by atoms with Crippen molar-refractivity contribution < 1.29 is 24.2 Å². The van der Waals surface area contributed by atoms with E-state index in [1.165, 1.54) is 38.5 Å². The number of aromatic carboxylic acids is 1. The number of carboxylic acid groups (broad SMARTS) is 1. The van der Waals surface area contributed by atoms with Crippen LogP contribution in [0.4, 0.5) is 5.69 Å². The smallest absolute Gasteiger partial charge is 0.255 e. The molecule has 114 valence electrons. The molecular weight excluding hydrogens is 286 g/mol. The molecule has 0 radical (unpaired) electrons. The first-order valence-corrected chi connectivity index (χ1v) is 6.40. The number of hydrogen-bond acceptors (Lipinski definition) is 5. The summed E-state index contributed by atoms with van der Waals surface area (Å²) >= 11 is 0. The number of hydrogen-bond donors (Lipinski definition) is 1. The lowest BCUT2D eigenvalue weighted by molar-refractivity contribution is -0.255. The van der Waals surface area contributed by atoms with Gasteiger partial charge in [-0.05, 0) is 35.9 Å². The minimum Gasteiger partial charge on any atom is -0.545 e. The van der Waals surface area contributed by atoms with Gasteiger partial charge < -0.3 is 24.7 Å². The van der Waals surface area contributed by atoms with Gasteiger partial charge in [0.2, 0.25) is 0 Å². The van der Waals surface area contributed by atoms with Crippen LogP contribution < -0.4 is 19.9 Å². The maximum absolute atomic E-state index is 12.2. The Bertz CT molecular complexity index is 711. The number of carbonyl (C=O) groups is 2. The summed E-state index contributed by atoms with van der Waals surface area (Å²) in [5.41, 5.74) is 0.711. The van der Waals surface area contributed by atoms with Gasteiger partial charge in [-0.25, -0.2) is 0 Å². The molecule has 1 N–H and O–H groups in total. The quantitative estimate of drug-likeness (QED) is 0.899.